The molecule has 0 spiro atoms. The quantitative estimate of drug-likeness (QED) is 0.507. The molecule has 1 rings (SSSR count). The van der Waals surface area contributed by atoms with Gasteiger partial charge in [-0.05, 0) is 18.2 Å². The van der Waals surface area contributed by atoms with Crippen LogP contribution in [0.3, 0.4) is 0 Å². The lowest BCUT2D eigenvalue weighted by atomic mass is 10.3. The molecular weight excluding hydrogens is 164 g/mol. The molecule has 4 N–H and O–H groups in total. The molecule has 0 aromatic heterocycles. The van der Waals surface area contributed by atoms with Crippen molar-refractivity contribution in [3.63, 3.8) is 0 Å². The fraction of sp³-hybridized carbons (Fsp3) is 0.333. The first-order chi connectivity index (χ1) is 5.39. The van der Waals surface area contributed by atoms with Crippen molar-refractivity contribution in [2.75, 3.05) is 11.5 Å². The summed E-state index contributed by atoms with van der Waals surface area (Å²) in [5.74, 6) is 0. The van der Waals surface area contributed by atoms with Crippen LogP contribution in [0.5, 0.6) is 0 Å². The number of benzene rings is 1. The van der Waals surface area contributed by atoms with Crippen LogP contribution in [0.1, 0.15) is 0 Å². The maximum absolute atomic E-state index is 5.70. The van der Waals surface area contributed by atoms with E-state index in [2.05, 4.69) is 19.6 Å². The molecule has 0 fully saturated rings. The normalized spacial score (nSPS) is 11.6. The minimum absolute atomic E-state index is 0.771. The molecule has 2 nitrogen and oxygen atoms in total. The summed E-state index contributed by atoms with van der Waals surface area (Å²) in [6.07, 6.45) is 0. The van der Waals surface area contributed by atoms with Gasteiger partial charge in [0.05, 0.1) is 8.07 Å². The number of hydrogen-bond donors (Lipinski definition) is 2. The third-order valence-corrected chi connectivity index (χ3v) is 3.86. The maximum Gasteiger partial charge on any atom is 0.0777 e. The molecule has 0 amide bonds. The van der Waals surface area contributed by atoms with Gasteiger partial charge in [0.2, 0.25) is 0 Å². The van der Waals surface area contributed by atoms with E-state index in [1.807, 2.05) is 12.1 Å². The Morgan fingerprint density at radius 3 is 1.67 bits per heavy atom. The highest BCUT2D eigenvalue weighted by atomic mass is 28.3. The smallest absolute Gasteiger partial charge is 0.0777 e. The second-order valence-corrected chi connectivity index (χ2v) is 9.22. The van der Waals surface area contributed by atoms with E-state index in [9.17, 15) is 0 Å². The fourth-order valence-electron chi connectivity index (χ4n) is 1.11. The fourth-order valence-corrected chi connectivity index (χ4v) is 2.31. The zero-order valence-electron chi connectivity index (χ0n) is 7.89. The number of rotatable bonds is 1. The number of anilines is 2. The van der Waals surface area contributed by atoms with Crippen molar-refractivity contribution in [1.82, 2.24) is 0 Å². The Bertz CT molecular complexity index is 269. The van der Waals surface area contributed by atoms with E-state index >= 15 is 0 Å². The van der Waals surface area contributed by atoms with Gasteiger partial charge < -0.3 is 11.5 Å². The molecule has 66 valence electrons. The molecule has 0 atom stereocenters. The Hall–Kier alpha value is -0.963. The van der Waals surface area contributed by atoms with Crippen LogP contribution >= 0.6 is 0 Å². The van der Waals surface area contributed by atoms with Crippen LogP contribution < -0.4 is 16.7 Å². The summed E-state index contributed by atoms with van der Waals surface area (Å²) in [5, 5.41) is 1.32. The molecule has 0 saturated carbocycles. The van der Waals surface area contributed by atoms with Crippen LogP contribution in [0, 0.1) is 0 Å². The largest absolute Gasteiger partial charge is 0.399 e. The molecule has 12 heavy (non-hydrogen) atoms. The molecule has 0 aliphatic heterocycles. The number of hydrogen-bond acceptors (Lipinski definition) is 2. The van der Waals surface area contributed by atoms with Crippen LogP contribution in [0.25, 0.3) is 0 Å². The van der Waals surface area contributed by atoms with E-state index in [4.69, 9.17) is 11.5 Å². The summed E-state index contributed by atoms with van der Waals surface area (Å²) in [6.45, 7) is 6.84. The summed E-state index contributed by atoms with van der Waals surface area (Å²) in [4.78, 5) is 0. The molecular formula is C9H16N2Si. The van der Waals surface area contributed by atoms with E-state index in [0.29, 0.717) is 0 Å². The first-order valence-electron chi connectivity index (χ1n) is 4.06. The third kappa shape index (κ3) is 2.01. The molecule has 0 heterocycles. The van der Waals surface area contributed by atoms with Crippen molar-refractivity contribution in [2.45, 2.75) is 19.6 Å². The highest BCUT2D eigenvalue weighted by molar-refractivity contribution is 6.88. The van der Waals surface area contributed by atoms with Gasteiger partial charge in [-0.15, -0.1) is 0 Å². The first-order valence-corrected chi connectivity index (χ1v) is 7.56. The van der Waals surface area contributed by atoms with Crippen LogP contribution in [-0.4, -0.2) is 8.07 Å². The maximum atomic E-state index is 5.70. The highest BCUT2D eigenvalue weighted by Gasteiger charge is 2.16. The van der Waals surface area contributed by atoms with Crippen LogP contribution in [-0.2, 0) is 0 Å². The summed E-state index contributed by atoms with van der Waals surface area (Å²) < 4.78 is 0. The Kier molecular flexibility index (Phi) is 2.15. The summed E-state index contributed by atoms with van der Waals surface area (Å²) in [7, 11) is -1.26. The molecule has 0 unspecified atom stereocenters. The van der Waals surface area contributed by atoms with Gasteiger partial charge >= 0.3 is 0 Å². The summed E-state index contributed by atoms with van der Waals surface area (Å²) in [6, 6.07) is 5.86. The topological polar surface area (TPSA) is 52.0 Å². The Balaban J connectivity index is 3.18. The third-order valence-electron chi connectivity index (χ3n) is 1.84. The van der Waals surface area contributed by atoms with E-state index in [-0.39, 0.29) is 0 Å². The molecule has 0 radical (unpaired) electrons. The van der Waals surface area contributed by atoms with Gasteiger partial charge in [-0.3, -0.25) is 0 Å². The Morgan fingerprint density at radius 1 is 0.917 bits per heavy atom. The van der Waals surface area contributed by atoms with E-state index in [0.717, 1.165) is 11.4 Å². The van der Waals surface area contributed by atoms with Crippen LogP contribution in [0.15, 0.2) is 18.2 Å². The predicted molar refractivity (Wildman–Crippen MR) is 58.2 cm³/mol. The van der Waals surface area contributed by atoms with Crippen molar-refractivity contribution in [1.29, 1.82) is 0 Å². The van der Waals surface area contributed by atoms with Gasteiger partial charge in [-0.2, -0.15) is 0 Å². The summed E-state index contributed by atoms with van der Waals surface area (Å²) >= 11 is 0. The monoisotopic (exact) mass is 180 g/mol. The van der Waals surface area contributed by atoms with Gasteiger partial charge in [-0.25, -0.2) is 0 Å². The van der Waals surface area contributed by atoms with Gasteiger partial charge in [0, 0.05) is 11.4 Å². The van der Waals surface area contributed by atoms with Crippen molar-refractivity contribution >= 4 is 24.6 Å². The predicted octanol–water partition coefficient (Wildman–Crippen LogP) is 1.40. The minimum atomic E-state index is -1.26. The molecule has 0 saturated heterocycles. The minimum Gasteiger partial charge on any atom is -0.399 e. The zero-order chi connectivity index (χ0) is 9.35. The van der Waals surface area contributed by atoms with Crippen molar-refractivity contribution in [2.24, 2.45) is 0 Å². The SMILES string of the molecule is C[Si](C)(C)c1cc(N)cc(N)c1. The van der Waals surface area contributed by atoms with Crippen molar-refractivity contribution < 1.29 is 0 Å². The van der Waals surface area contributed by atoms with Gasteiger partial charge in [-0.1, -0.05) is 24.8 Å². The zero-order valence-corrected chi connectivity index (χ0v) is 8.89. The number of nitrogen functional groups attached to an aromatic ring is 2. The lowest BCUT2D eigenvalue weighted by Gasteiger charge is -2.17. The molecule has 0 aliphatic rings. The molecule has 3 heteroatoms. The van der Waals surface area contributed by atoms with Crippen LogP contribution in [0.2, 0.25) is 19.6 Å². The second kappa shape index (κ2) is 2.82. The lowest BCUT2D eigenvalue weighted by Crippen LogP contribution is -2.37. The van der Waals surface area contributed by atoms with Gasteiger partial charge in [0.25, 0.3) is 0 Å². The van der Waals surface area contributed by atoms with Crippen molar-refractivity contribution in [3.05, 3.63) is 18.2 Å². The lowest BCUT2D eigenvalue weighted by molar-refractivity contribution is 1.65. The molecule has 1 aromatic carbocycles. The number of nitrogens with two attached hydrogens (primary N) is 2. The molecule has 0 aliphatic carbocycles. The standard InChI is InChI=1S/C9H16N2Si/c1-12(2,3)9-5-7(10)4-8(11)6-9/h4-6H,10-11H2,1-3H3. The summed E-state index contributed by atoms with van der Waals surface area (Å²) in [5.41, 5.74) is 12.9. The highest BCUT2D eigenvalue weighted by Crippen LogP contribution is 2.11. The average molecular weight is 180 g/mol. The van der Waals surface area contributed by atoms with E-state index < -0.39 is 8.07 Å². The van der Waals surface area contributed by atoms with E-state index in [1.54, 1.807) is 6.07 Å². The van der Waals surface area contributed by atoms with Crippen LogP contribution in [0.4, 0.5) is 11.4 Å². The second-order valence-electron chi connectivity index (χ2n) is 4.14. The van der Waals surface area contributed by atoms with E-state index in [1.165, 1.54) is 5.19 Å². The van der Waals surface area contributed by atoms with Gasteiger partial charge in [0.1, 0.15) is 0 Å². The molecule has 1 aromatic rings. The van der Waals surface area contributed by atoms with Gasteiger partial charge in [0.15, 0.2) is 0 Å². The Labute approximate surface area is 74.6 Å². The first kappa shape index (κ1) is 9.13. The Morgan fingerprint density at radius 2 is 1.33 bits per heavy atom. The van der Waals surface area contributed by atoms with Crippen molar-refractivity contribution in [3.8, 4) is 0 Å². The molecule has 0 bridgehead atoms. The average Bonchev–Trinajstić information content (AvgIpc) is 1.82.